The van der Waals surface area contributed by atoms with E-state index in [1.807, 2.05) is 0 Å². The predicted molar refractivity (Wildman–Crippen MR) is 105 cm³/mol. The van der Waals surface area contributed by atoms with Crippen molar-refractivity contribution in [3.05, 3.63) is 51.6 Å². The second kappa shape index (κ2) is 9.33. The van der Waals surface area contributed by atoms with Crippen LogP contribution in [0.2, 0.25) is 10.0 Å². The van der Waals surface area contributed by atoms with Gasteiger partial charge in [-0.25, -0.2) is 22.9 Å². The van der Waals surface area contributed by atoms with Crippen molar-refractivity contribution in [3.8, 4) is 0 Å². The van der Waals surface area contributed by atoms with Crippen molar-refractivity contribution in [3.63, 3.8) is 0 Å². The summed E-state index contributed by atoms with van der Waals surface area (Å²) < 4.78 is 31.0. The van der Waals surface area contributed by atoms with E-state index in [2.05, 4.69) is 15.0 Å². The van der Waals surface area contributed by atoms with Crippen molar-refractivity contribution in [1.82, 2.24) is 9.71 Å². The molecule has 0 atom stereocenters. The zero-order valence-corrected chi connectivity index (χ0v) is 17.3. The number of hydrogen-bond acceptors (Lipinski definition) is 6. The number of ether oxygens (including phenoxy) is 1. The quantitative estimate of drug-likeness (QED) is 0.633. The lowest BCUT2D eigenvalue weighted by atomic mass is 10.2. The summed E-state index contributed by atoms with van der Waals surface area (Å²) in [5.74, 6) is -1.33. The minimum absolute atomic E-state index is 0.0162. The number of rotatable bonds is 7. The van der Waals surface area contributed by atoms with Gasteiger partial charge in [-0.3, -0.25) is 4.79 Å². The summed E-state index contributed by atoms with van der Waals surface area (Å²) in [5.41, 5.74) is 0.653. The van der Waals surface area contributed by atoms with Gasteiger partial charge in [0.25, 0.3) is 5.91 Å². The summed E-state index contributed by atoms with van der Waals surface area (Å²) in [6, 6.07) is 5.14. The number of sulfonamides is 1. The van der Waals surface area contributed by atoms with E-state index < -0.39 is 28.5 Å². The highest BCUT2D eigenvalue weighted by atomic mass is 35.5. The van der Waals surface area contributed by atoms with E-state index in [1.165, 1.54) is 30.5 Å². The molecule has 0 unspecified atom stereocenters. The number of nitrogens with one attached hydrogen (secondary N) is 2. The number of hydrogen-bond donors (Lipinski definition) is 2. The van der Waals surface area contributed by atoms with Crippen LogP contribution in [0.15, 0.2) is 35.4 Å². The Labute approximate surface area is 172 Å². The molecule has 1 heterocycles. The number of halogens is 2. The van der Waals surface area contributed by atoms with Gasteiger partial charge in [0.05, 0.1) is 20.5 Å². The predicted octanol–water partition coefficient (Wildman–Crippen LogP) is 2.79. The highest BCUT2D eigenvalue weighted by Crippen LogP contribution is 2.28. The summed E-state index contributed by atoms with van der Waals surface area (Å²) in [6.45, 7) is 2.99. The summed E-state index contributed by atoms with van der Waals surface area (Å²) in [5, 5.41) is 2.96. The molecule has 11 heteroatoms. The van der Waals surface area contributed by atoms with Gasteiger partial charge in [0.15, 0.2) is 12.4 Å². The molecular formula is C17H17Cl2N3O5S. The maximum Gasteiger partial charge on any atom is 0.338 e. The van der Waals surface area contributed by atoms with Crippen molar-refractivity contribution in [2.24, 2.45) is 0 Å². The molecule has 0 bridgehead atoms. The maximum atomic E-state index is 12.0. The summed E-state index contributed by atoms with van der Waals surface area (Å²) >= 11 is 11.9. The Kier molecular flexibility index (Phi) is 7.36. The number of pyridine rings is 1. The molecule has 1 amide bonds. The molecule has 0 aliphatic carbocycles. The van der Waals surface area contributed by atoms with E-state index in [4.69, 9.17) is 27.9 Å². The monoisotopic (exact) mass is 445 g/mol. The van der Waals surface area contributed by atoms with Gasteiger partial charge in [-0.2, -0.15) is 0 Å². The lowest BCUT2D eigenvalue weighted by molar-refractivity contribution is -0.119. The first-order valence-electron chi connectivity index (χ1n) is 8.03. The van der Waals surface area contributed by atoms with Crippen molar-refractivity contribution in [1.29, 1.82) is 0 Å². The molecule has 1 aromatic heterocycles. The number of benzene rings is 1. The number of carbonyl (C=O) groups is 2. The van der Waals surface area contributed by atoms with Gasteiger partial charge in [0.1, 0.15) is 0 Å². The second-order valence-electron chi connectivity index (χ2n) is 5.54. The first-order chi connectivity index (χ1) is 13.2. The van der Waals surface area contributed by atoms with Crippen LogP contribution in [0.25, 0.3) is 0 Å². The molecule has 150 valence electrons. The van der Waals surface area contributed by atoms with Gasteiger partial charge in [0.2, 0.25) is 10.0 Å². The van der Waals surface area contributed by atoms with Crippen molar-refractivity contribution in [2.75, 3.05) is 18.5 Å². The summed E-state index contributed by atoms with van der Waals surface area (Å²) in [4.78, 5) is 27.9. The van der Waals surface area contributed by atoms with Crippen LogP contribution >= 0.6 is 23.2 Å². The Hall–Kier alpha value is -2.20. The fraction of sp³-hybridized carbons (Fsp3) is 0.235. The average molecular weight is 446 g/mol. The number of nitrogens with zero attached hydrogens (tertiary/aromatic N) is 1. The molecule has 8 nitrogen and oxygen atoms in total. The molecule has 28 heavy (non-hydrogen) atoms. The van der Waals surface area contributed by atoms with E-state index in [0.717, 1.165) is 0 Å². The minimum Gasteiger partial charge on any atom is -0.452 e. The first kappa shape index (κ1) is 22.1. The molecule has 0 spiro atoms. The smallest absolute Gasteiger partial charge is 0.338 e. The third kappa shape index (κ3) is 5.41. The van der Waals surface area contributed by atoms with E-state index in [0.29, 0.717) is 10.6 Å². The first-order valence-corrected chi connectivity index (χ1v) is 10.3. The normalized spacial score (nSPS) is 11.1. The topological polar surface area (TPSA) is 114 Å². The standard InChI is InChI=1S/C17H17Cl2N3O5S/c1-3-21-28(25,26)12-6-4-11(5-7-12)17(24)27-9-14(23)22-16-15(19)10(2)13(18)8-20-16/h4-8,21H,3,9H2,1-2H3,(H,20,22,23). The zero-order chi connectivity index (χ0) is 20.9. The molecule has 0 saturated carbocycles. The fourth-order valence-electron chi connectivity index (χ4n) is 2.07. The summed E-state index contributed by atoms with van der Waals surface area (Å²) in [7, 11) is -3.62. The van der Waals surface area contributed by atoms with Crippen LogP contribution in [0.1, 0.15) is 22.8 Å². The Morgan fingerprint density at radius 3 is 2.43 bits per heavy atom. The third-order valence-electron chi connectivity index (χ3n) is 3.53. The molecule has 0 fully saturated rings. The Balaban J connectivity index is 1.97. The number of anilines is 1. The largest absolute Gasteiger partial charge is 0.452 e. The molecular weight excluding hydrogens is 429 g/mol. The van der Waals surface area contributed by atoms with Gasteiger partial charge < -0.3 is 10.1 Å². The second-order valence-corrected chi connectivity index (χ2v) is 8.10. The van der Waals surface area contributed by atoms with Crippen LogP contribution in [-0.4, -0.2) is 38.4 Å². The summed E-state index contributed by atoms with van der Waals surface area (Å²) in [6.07, 6.45) is 1.34. The highest BCUT2D eigenvalue weighted by molar-refractivity contribution is 7.89. The Morgan fingerprint density at radius 1 is 1.18 bits per heavy atom. The molecule has 2 aromatic rings. The molecule has 2 rings (SSSR count). The van der Waals surface area contributed by atoms with Crippen LogP contribution in [0.3, 0.4) is 0 Å². The van der Waals surface area contributed by atoms with E-state index in [-0.39, 0.29) is 27.8 Å². The zero-order valence-electron chi connectivity index (χ0n) is 15.0. The highest BCUT2D eigenvalue weighted by Gasteiger charge is 2.16. The van der Waals surface area contributed by atoms with Crippen molar-refractivity contribution in [2.45, 2.75) is 18.7 Å². The molecule has 0 saturated heterocycles. The van der Waals surface area contributed by atoms with E-state index in [1.54, 1.807) is 13.8 Å². The van der Waals surface area contributed by atoms with E-state index in [9.17, 15) is 18.0 Å². The molecule has 2 N–H and O–H groups in total. The third-order valence-corrected chi connectivity index (χ3v) is 5.93. The SMILES string of the molecule is CCNS(=O)(=O)c1ccc(C(=O)OCC(=O)Nc2ncc(Cl)c(C)c2Cl)cc1. The van der Waals surface area contributed by atoms with Gasteiger partial charge >= 0.3 is 5.97 Å². The van der Waals surface area contributed by atoms with E-state index >= 15 is 0 Å². The Bertz CT molecular complexity index is 995. The Morgan fingerprint density at radius 2 is 1.82 bits per heavy atom. The fourth-order valence-corrected chi connectivity index (χ4v) is 3.50. The minimum atomic E-state index is -3.62. The van der Waals surface area contributed by atoms with Gasteiger partial charge in [-0.1, -0.05) is 30.1 Å². The molecule has 0 aliphatic rings. The van der Waals surface area contributed by atoms with Crippen LogP contribution in [0.4, 0.5) is 5.82 Å². The number of amides is 1. The van der Waals surface area contributed by atoms with Crippen molar-refractivity contribution < 1.29 is 22.7 Å². The number of esters is 1. The maximum absolute atomic E-state index is 12.0. The van der Waals surface area contributed by atoms with Crippen LogP contribution in [-0.2, 0) is 19.6 Å². The van der Waals surface area contributed by atoms with Crippen LogP contribution < -0.4 is 10.0 Å². The molecule has 0 radical (unpaired) electrons. The lowest BCUT2D eigenvalue weighted by Gasteiger charge is -2.10. The van der Waals surface area contributed by atoms with Gasteiger partial charge in [-0.05, 0) is 36.8 Å². The number of aromatic nitrogens is 1. The van der Waals surface area contributed by atoms with Gasteiger partial charge in [0, 0.05) is 12.7 Å². The molecule has 0 aliphatic heterocycles. The van der Waals surface area contributed by atoms with Crippen molar-refractivity contribution >= 4 is 50.9 Å². The lowest BCUT2D eigenvalue weighted by Crippen LogP contribution is -2.23. The van der Waals surface area contributed by atoms with Crippen LogP contribution in [0, 0.1) is 6.92 Å². The van der Waals surface area contributed by atoms with Crippen LogP contribution in [0.5, 0.6) is 0 Å². The average Bonchev–Trinajstić information content (AvgIpc) is 2.66. The molecule has 1 aromatic carbocycles. The van der Waals surface area contributed by atoms with Gasteiger partial charge in [-0.15, -0.1) is 0 Å². The number of carbonyl (C=O) groups excluding carboxylic acids is 2.